The number of amides is 2. The summed E-state index contributed by atoms with van der Waals surface area (Å²) in [6.07, 6.45) is 0.923. The lowest BCUT2D eigenvalue weighted by molar-refractivity contribution is 0.00857. The molecule has 7 nitrogen and oxygen atoms in total. The van der Waals surface area contributed by atoms with E-state index in [-0.39, 0.29) is 12.1 Å². The van der Waals surface area contributed by atoms with Crippen LogP contribution in [0.25, 0.3) is 0 Å². The van der Waals surface area contributed by atoms with Gasteiger partial charge in [-0.1, -0.05) is 18.9 Å². The molecule has 1 aliphatic heterocycles. The second-order valence-corrected chi connectivity index (χ2v) is 6.00. The van der Waals surface area contributed by atoms with Gasteiger partial charge in [-0.3, -0.25) is 5.32 Å². The third-order valence-corrected chi connectivity index (χ3v) is 3.83. The van der Waals surface area contributed by atoms with Crippen LogP contribution in [0.5, 0.6) is 5.19 Å². The van der Waals surface area contributed by atoms with Gasteiger partial charge in [-0.2, -0.15) is 0 Å². The van der Waals surface area contributed by atoms with Crippen molar-refractivity contribution >= 4 is 22.5 Å². The van der Waals surface area contributed by atoms with E-state index < -0.39 is 0 Å². The Morgan fingerprint density at radius 1 is 1.60 bits per heavy atom. The summed E-state index contributed by atoms with van der Waals surface area (Å²) in [6.45, 7) is 6.03. The highest BCUT2D eigenvalue weighted by Crippen LogP contribution is 2.23. The number of morpholine rings is 1. The molecule has 0 saturated carbocycles. The Balaban J connectivity index is 1.98. The number of hydrogen-bond donors (Lipinski definition) is 1. The number of carbonyl (C=O) groups is 1. The second kappa shape index (κ2) is 6.85. The number of carbonyl (C=O) groups excluding carboxylic acids is 1. The average Bonchev–Trinajstić information content (AvgIpc) is 2.86. The van der Waals surface area contributed by atoms with Crippen LogP contribution in [-0.4, -0.2) is 54.0 Å². The number of anilines is 1. The van der Waals surface area contributed by atoms with E-state index in [0.717, 1.165) is 6.42 Å². The van der Waals surface area contributed by atoms with E-state index in [0.29, 0.717) is 36.0 Å². The van der Waals surface area contributed by atoms with E-state index in [1.165, 1.54) is 18.4 Å². The molecule has 0 bridgehead atoms. The van der Waals surface area contributed by atoms with Crippen molar-refractivity contribution in [3.8, 4) is 5.19 Å². The standard InChI is InChI=1S/C12H20N4O3S/c1-8(2)6-9-7-19-5-4-16(9)11(17)13-10-14-15-12(18-3)20-10/h8-9H,4-7H2,1-3H3,(H,13,14,17)/t9-/m0/s1. The van der Waals surface area contributed by atoms with Crippen molar-refractivity contribution in [3.05, 3.63) is 0 Å². The molecular formula is C12H20N4O3S. The maximum atomic E-state index is 12.3. The van der Waals surface area contributed by atoms with Gasteiger partial charge < -0.3 is 14.4 Å². The van der Waals surface area contributed by atoms with E-state index in [2.05, 4.69) is 29.4 Å². The number of methoxy groups -OCH3 is 1. The van der Waals surface area contributed by atoms with Crippen molar-refractivity contribution in [2.75, 3.05) is 32.2 Å². The van der Waals surface area contributed by atoms with Gasteiger partial charge >= 0.3 is 6.03 Å². The molecule has 2 amide bonds. The molecule has 1 aromatic heterocycles. The predicted octanol–water partition coefficient (Wildman–Crippen LogP) is 1.83. The lowest BCUT2D eigenvalue weighted by Gasteiger charge is -2.36. The van der Waals surface area contributed by atoms with Crippen molar-refractivity contribution < 1.29 is 14.3 Å². The fourth-order valence-electron chi connectivity index (χ4n) is 2.17. The minimum Gasteiger partial charge on any atom is -0.472 e. The molecule has 8 heteroatoms. The largest absolute Gasteiger partial charge is 0.472 e. The Bertz CT molecular complexity index is 452. The molecule has 1 aromatic rings. The van der Waals surface area contributed by atoms with Crippen LogP contribution in [-0.2, 0) is 4.74 Å². The first-order valence-corrected chi connectivity index (χ1v) is 7.44. The minimum absolute atomic E-state index is 0.110. The van der Waals surface area contributed by atoms with E-state index in [4.69, 9.17) is 9.47 Å². The number of nitrogens with one attached hydrogen (secondary N) is 1. The smallest absolute Gasteiger partial charge is 0.324 e. The van der Waals surface area contributed by atoms with Crippen molar-refractivity contribution in [2.45, 2.75) is 26.3 Å². The third kappa shape index (κ3) is 3.80. The fraction of sp³-hybridized carbons (Fsp3) is 0.750. The number of hydrogen-bond acceptors (Lipinski definition) is 6. The van der Waals surface area contributed by atoms with E-state index in [9.17, 15) is 4.79 Å². The monoisotopic (exact) mass is 300 g/mol. The van der Waals surface area contributed by atoms with Crippen molar-refractivity contribution in [3.63, 3.8) is 0 Å². The number of urea groups is 1. The maximum absolute atomic E-state index is 12.3. The van der Waals surface area contributed by atoms with Crippen LogP contribution in [0.4, 0.5) is 9.93 Å². The zero-order valence-electron chi connectivity index (χ0n) is 12.0. The van der Waals surface area contributed by atoms with Gasteiger partial charge in [0.1, 0.15) is 0 Å². The van der Waals surface area contributed by atoms with Crippen LogP contribution >= 0.6 is 11.3 Å². The molecule has 20 heavy (non-hydrogen) atoms. The average molecular weight is 300 g/mol. The molecule has 1 aliphatic rings. The molecule has 1 fully saturated rings. The molecule has 0 unspecified atom stereocenters. The molecule has 1 saturated heterocycles. The molecule has 0 aromatic carbocycles. The van der Waals surface area contributed by atoms with Gasteiger partial charge in [0.05, 0.1) is 26.4 Å². The van der Waals surface area contributed by atoms with Crippen LogP contribution in [0.2, 0.25) is 0 Å². The van der Waals surface area contributed by atoms with Crippen molar-refractivity contribution in [1.82, 2.24) is 15.1 Å². The van der Waals surface area contributed by atoms with Crippen LogP contribution < -0.4 is 10.1 Å². The van der Waals surface area contributed by atoms with E-state index >= 15 is 0 Å². The topological polar surface area (TPSA) is 76.6 Å². The summed E-state index contributed by atoms with van der Waals surface area (Å²) >= 11 is 1.21. The van der Waals surface area contributed by atoms with Gasteiger partial charge in [-0.05, 0) is 23.7 Å². The molecule has 1 N–H and O–H groups in total. The van der Waals surface area contributed by atoms with Crippen LogP contribution in [0.15, 0.2) is 0 Å². The predicted molar refractivity (Wildman–Crippen MR) is 76.2 cm³/mol. The van der Waals surface area contributed by atoms with Crippen molar-refractivity contribution in [1.29, 1.82) is 0 Å². The molecule has 0 radical (unpaired) electrons. The first-order valence-electron chi connectivity index (χ1n) is 6.63. The zero-order chi connectivity index (χ0) is 14.5. The number of nitrogens with zero attached hydrogens (tertiary/aromatic N) is 3. The molecule has 112 valence electrons. The number of aromatic nitrogens is 2. The molecular weight excluding hydrogens is 280 g/mol. The summed E-state index contributed by atoms with van der Waals surface area (Å²) in [7, 11) is 1.52. The van der Waals surface area contributed by atoms with Gasteiger partial charge in [-0.15, -0.1) is 5.10 Å². The van der Waals surface area contributed by atoms with Gasteiger partial charge in [-0.25, -0.2) is 4.79 Å². The number of rotatable bonds is 4. The third-order valence-electron chi connectivity index (χ3n) is 3.03. The van der Waals surface area contributed by atoms with Crippen LogP contribution in [0, 0.1) is 5.92 Å². The lowest BCUT2D eigenvalue weighted by atomic mass is 10.0. The Morgan fingerprint density at radius 2 is 2.40 bits per heavy atom. The maximum Gasteiger partial charge on any atom is 0.324 e. The minimum atomic E-state index is -0.155. The Labute approximate surface area is 122 Å². The highest BCUT2D eigenvalue weighted by Gasteiger charge is 2.28. The summed E-state index contributed by atoms with van der Waals surface area (Å²) in [5.74, 6) is 0.513. The number of ether oxygens (including phenoxy) is 2. The highest BCUT2D eigenvalue weighted by atomic mass is 32.1. The van der Waals surface area contributed by atoms with Gasteiger partial charge in [0.15, 0.2) is 0 Å². The SMILES string of the molecule is COc1nnc(NC(=O)N2CCOC[C@@H]2CC(C)C)s1. The molecule has 0 spiro atoms. The van der Waals surface area contributed by atoms with E-state index in [1.807, 2.05) is 4.90 Å². The molecule has 2 heterocycles. The summed E-state index contributed by atoms with van der Waals surface area (Å²) in [5, 5.41) is 11.3. The first-order chi connectivity index (χ1) is 9.60. The van der Waals surface area contributed by atoms with Gasteiger partial charge in [0, 0.05) is 6.54 Å². The summed E-state index contributed by atoms with van der Waals surface area (Å²) in [6, 6.07) is -0.0451. The van der Waals surface area contributed by atoms with Gasteiger partial charge in [0.25, 0.3) is 5.19 Å². The first kappa shape index (κ1) is 15.0. The molecule has 0 aliphatic carbocycles. The second-order valence-electron chi connectivity index (χ2n) is 5.06. The lowest BCUT2D eigenvalue weighted by Crippen LogP contribution is -2.50. The quantitative estimate of drug-likeness (QED) is 0.918. The Hall–Kier alpha value is -1.41. The van der Waals surface area contributed by atoms with Crippen LogP contribution in [0.1, 0.15) is 20.3 Å². The fourth-order valence-corrected chi connectivity index (χ4v) is 2.72. The Morgan fingerprint density at radius 3 is 3.05 bits per heavy atom. The molecule has 2 rings (SSSR count). The molecule has 1 atom stereocenters. The van der Waals surface area contributed by atoms with E-state index in [1.54, 1.807) is 0 Å². The zero-order valence-corrected chi connectivity index (χ0v) is 12.8. The summed E-state index contributed by atoms with van der Waals surface area (Å²) in [4.78, 5) is 14.1. The van der Waals surface area contributed by atoms with Crippen molar-refractivity contribution in [2.24, 2.45) is 5.92 Å². The normalized spacial score (nSPS) is 19.2. The Kier molecular flexibility index (Phi) is 5.13. The summed E-state index contributed by atoms with van der Waals surface area (Å²) < 4.78 is 10.4. The highest BCUT2D eigenvalue weighted by molar-refractivity contribution is 7.17. The summed E-state index contributed by atoms with van der Waals surface area (Å²) in [5.41, 5.74) is 0. The van der Waals surface area contributed by atoms with Gasteiger partial charge in [0.2, 0.25) is 5.13 Å². The van der Waals surface area contributed by atoms with Crippen LogP contribution in [0.3, 0.4) is 0 Å².